The molecule has 0 saturated carbocycles. The van der Waals surface area contributed by atoms with E-state index in [9.17, 15) is 19.3 Å². The third-order valence-electron chi connectivity index (χ3n) is 1.93. The van der Waals surface area contributed by atoms with E-state index in [1.54, 1.807) is 0 Å². The van der Waals surface area contributed by atoms with Crippen molar-refractivity contribution in [3.05, 3.63) is 46.8 Å². The second-order valence-electron chi connectivity index (χ2n) is 3.25. The molecular formula is C11H11FN2O4. The minimum absolute atomic E-state index is 0.0480. The van der Waals surface area contributed by atoms with E-state index in [4.69, 9.17) is 4.74 Å². The summed E-state index contributed by atoms with van der Waals surface area (Å²) in [6.07, 6.45) is 1.50. The number of rotatable bonds is 6. The van der Waals surface area contributed by atoms with Gasteiger partial charge in [-0.2, -0.15) is 4.39 Å². The van der Waals surface area contributed by atoms with Gasteiger partial charge in [-0.15, -0.1) is 6.58 Å². The first-order valence-electron chi connectivity index (χ1n) is 4.99. The van der Waals surface area contributed by atoms with Crippen LogP contribution in [0.15, 0.2) is 30.9 Å². The number of nitrogens with one attached hydrogen (secondary N) is 1. The van der Waals surface area contributed by atoms with Gasteiger partial charge in [-0.25, -0.2) is 0 Å². The average Bonchev–Trinajstić information content (AvgIpc) is 2.33. The molecule has 1 aromatic carbocycles. The standard InChI is InChI=1S/C11H11FN2O4/c1-2-5-13-11(15)7-18-8-3-4-10(14(16)17)9(12)6-8/h2-4,6H,1,5,7H2,(H,13,15). The van der Waals surface area contributed by atoms with Crippen molar-refractivity contribution >= 4 is 11.6 Å². The molecule has 0 aliphatic rings. The summed E-state index contributed by atoms with van der Waals surface area (Å²) < 4.78 is 18.2. The van der Waals surface area contributed by atoms with Crippen LogP contribution in [0.1, 0.15) is 0 Å². The third kappa shape index (κ3) is 3.85. The van der Waals surface area contributed by atoms with Crippen LogP contribution in [0.3, 0.4) is 0 Å². The van der Waals surface area contributed by atoms with Gasteiger partial charge in [0.15, 0.2) is 6.61 Å². The number of ether oxygens (including phenoxy) is 1. The van der Waals surface area contributed by atoms with Crippen molar-refractivity contribution in [3.63, 3.8) is 0 Å². The molecule has 0 aliphatic heterocycles. The molecule has 1 amide bonds. The summed E-state index contributed by atoms with van der Waals surface area (Å²) in [5, 5.41) is 12.8. The third-order valence-corrected chi connectivity index (χ3v) is 1.93. The lowest BCUT2D eigenvalue weighted by Crippen LogP contribution is -2.28. The molecule has 18 heavy (non-hydrogen) atoms. The lowest BCUT2D eigenvalue weighted by molar-refractivity contribution is -0.387. The van der Waals surface area contributed by atoms with Crippen molar-refractivity contribution < 1.29 is 18.8 Å². The molecule has 0 bridgehead atoms. The molecule has 6 nitrogen and oxygen atoms in total. The maximum absolute atomic E-state index is 13.2. The summed E-state index contributed by atoms with van der Waals surface area (Å²) >= 11 is 0. The van der Waals surface area contributed by atoms with Gasteiger partial charge in [-0.3, -0.25) is 14.9 Å². The van der Waals surface area contributed by atoms with Crippen LogP contribution in [0.4, 0.5) is 10.1 Å². The van der Waals surface area contributed by atoms with E-state index in [1.807, 2.05) is 0 Å². The first kappa shape index (κ1) is 13.6. The Balaban J connectivity index is 2.58. The number of amides is 1. The van der Waals surface area contributed by atoms with Crippen LogP contribution in [0.2, 0.25) is 0 Å². The van der Waals surface area contributed by atoms with Gasteiger partial charge in [-0.05, 0) is 6.07 Å². The van der Waals surface area contributed by atoms with Crippen LogP contribution in [0.25, 0.3) is 0 Å². The zero-order valence-electron chi connectivity index (χ0n) is 9.39. The quantitative estimate of drug-likeness (QED) is 0.473. The SMILES string of the molecule is C=CCNC(=O)COc1ccc([N+](=O)[O-])c(F)c1. The predicted octanol–water partition coefficient (Wildman–Crippen LogP) is 1.41. The van der Waals surface area contributed by atoms with E-state index in [0.717, 1.165) is 12.1 Å². The summed E-state index contributed by atoms with van der Waals surface area (Å²) in [7, 11) is 0. The predicted molar refractivity (Wildman–Crippen MR) is 61.8 cm³/mol. The minimum atomic E-state index is -1.01. The Kier molecular flexibility index (Phi) is 4.79. The average molecular weight is 254 g/mol. The van der Waals surface area contributed by atoms with Gasteiger partial charge in [0.05, 0.1) is 4.92 Å². The van der Waals surface area contributed by atoms with E-state index in [2.05, 4.69) is 11.9 Å². The van der Waals surface area contributed by atoms with Gasteiger partial charge in [0, 0.05) is 18.7 Å². The molecule has 7 heteroatoms. The lowest BCUT2D eigenvalue weighted by atomic mass is 10.3. The molecule has 96 valence electrons. The van der Waals surface area contributed by atoms with Crippen LogP contribution in [0.5, 0.6) is 5.75 Å². The molecule has 0 aliphatic carbocycles. The molecule has 0 aromatic heterocycles. The van der Waals surface area contributed by atoms with Crippen LogP contribution < -0.4 is 10.1 Å². The fraction of sp³-hybridized carbons (Fsp3) is 0.182. The molecule has 1 rings (SSSR count). The molecule has 0 heterocycles. The van der Waals surface area contributed by atoms with Gasteiger partial charge in [-0.1, -0.05) is 6.08 Å². The Morgan fingerprint density at radius 3 is 2.89 bits per heavy atom. The fourth-order valence-corrected chi connectivity index (χ4v) is 1.11. The van der Waals surface area contributed by atoms with E-state index >= 15 is 0 Å². The monoisotopic (exact) mass is 254 g/mol. The number of nitro groups is 1. The van der Waals surface area contributed by atoms with Gasteiger partial charge >= 0.3 is 5.69 Å². The number of benzene rings is 1. The fourth-order valence-electron chi connectivity index (χ4n) is 1.11. The normalized spacial score (nSPS) is 9.61. The number of hydrogen-bond acceptors (Lipinski definition) is 4. The van der Waals surface area contributed by atoms with E-state index in [-0.39, 0.29) is 12.4 Å². The number of nitrogens with zero attached hydrogens (tertiary/aromatic N) is 1. The number of nitro benzene ring substituents is 1. The molecule has 0 unspecified atom stereocenters. The van der Waals surface area contributed by atoms with Gasteiger partial charge in [0.1, 0.15) is 5.75 Å². The zero-order valence-corrected chi connectivity index (χ0v) is 9.39. The van der Waals surface area contributed by atoms with Crippen molar-refractivity contribution in [1.82, 2.24) is 5.32 Å². The van der Waals surface area contributed by atoms with Crippen LogP contribution >= 0.6 is 0 Å². The Morgan fingerprint density at radius 2 is 2.33 bits per heavy atom. The van der Waals surface area contributed by atoms with Gasteiger partial charge < -0.3 is 10.1 Å². The molecule has 0 saturated heterocycles. The lowest BCUT2D eigenvalue weighted by Gasteiger charge is -2.06. The summed E-state index contributed by atoms with van der Waals surface area (Å²) in [6.45, 7) is 3.42. The highest BCUT2D eigenvalue weighted by atomic mass is 19.1. The van der Waals surface area contributed by atoms with E-state index in [1.165, 1.54) is 12.1 Å². The molecular weight excluding hydrogens is 243 g/mol. The first-order valence-corrected chi connectivity index (χ1v) is 4.99. The minimum Gasteiger partial charge on any atom is -0.484 e. The summed E-state index contributed by atoms with van der Waals surface area (Å²) in [6, 6.07) is 3.06. The van der Waals surface area contributed by atoms with Crippen LogP contribution in [0, 0.1) is 15.9 Å². The summed E-state index contributed by atoms with van der Waals surface area (Å²) in [5.41, 5.74) is -0.640. The molecule has 1 aromatic rings. The molecule has 0 spiro atoms. The largest absolute Gasteiger partial charge is 0.484 e. The molecule has 0 atom stereocenters. The van der Waals surface area contributed by atoms with Crippen molar-refractivity contribution in [2.45, 2.75) is 0 Å². The van der Waals surface area contributed by atoms with Crippen LogP contribution in [-0.2, 0) is 4.79 Å². The summed E-state index contributed by atoms with van der Waals surface area (Å²) in [5.74, 6) is -1.36. The van der Waals surface area contributed by atoms with Crippen molar-refractivity contribution in [2.24, 2.45) is 0 Å². The Hall–Kier alpha value is -2.44. The molecule has 1 N–H and O–H groups in total. The number of hydrogen-bond donors (Lipinski definition) is 1. The second-order valence-corrected chi connectivity index (χ2v) is 3.25. The first-order chi connectivity index (χ1) is 8.54. The second kappa shape index (κ2) is 6.33. The Morgan fingerprint density at radius 1 is 1.61 bits per heavy atom. The van der Waals surface area contributed by atoms with Gasteiger partial charge in [0.2, 0.25) is 5.82 Å². The highest BCUT2D eigenvalue weighted by molar-refractivity contribution is 5.77. The smallest absolute Gasteiger partial charge is 0.305 e. The highest BCUT2D eigenvalue weighted by Crippen LogP contribution is 2.22. The number of carbonyl (C=O) groups is 1. The Bertz CT molecular complexity index is 476. The van der Waals surface area contributed by atoms with E-state index < -0.39 is 22.3 Å². The van der Waals surface area contributed by atoms with Crippen molar-refractivity contribution in [3.8, 4) is 5.75 Å². The topological polar surface area (TPSA) is 81.5 Å². The number of carbonyl (C=O) groups excluding carboxylic acids is 1. The van der Waals surface area contributed by atoms with Crippen LogP contribution in [-0.4, -0.2) is 24.0 Å². The maximum Gasteiger partial charge on any atom is 0.305 e. The van der Waals surface area contributed by atoms with Crippen molar-refractivity contribution in [1.29, 1.82) is 0 Å². The van der Waals surface area contributed by atoms with E-state index in [0.29, 0.717) is 6.54 Å². The van der Waals surface area contributed by atoms with Gasteiger partial charge in [0.25, 0.3) is 5.91 Å². The highest BCUT2D eigenvalue weighted by Gasteiger charge is 2.14. The molecule has 0 radical (unpaired) electrons. The van der Waals surface area contributed by atoms with Crippen molar-refractivity contribution in [2.75, 3.05) is 13.2 Å². The maximum atomic E-state index is 13.2. The summed E-state index contributed by atoms with van der Waals surface area (Å²) in [4.78, 5) is 20.7. The zero-order chi connectivity index (χ0) is 13.5. The number of halogens is 1. The molecule has 0 fully saturated rings. The Labute approximate surface area is 102 Å².